The van der Waals surface area contributed by atoms with E-state index in [1.54, 1.807) is 4.57 Å². The molecule has 26 heavy (non-hydrogen) atoms. The van der Waals surface area contributed by atoms with Gasteiger partial charge in [-0.05, 0) is 56.3 Å². The molecule has 1 N–H and O–H groups in total. The number of aromatic amines is 1. The number of hydrogen-bond donors (Lipinski definition) is 1. The van der Waals surface area contributed by atoms with E-state index in [1.165, 1.54) is 23.4 Å². The Morgan fingerprint density at radius 3 is 3.04 bits per heavy atom. The Kier molecular flexibility index (Phi) is 3.67. The van der Waals surface area contributed by atoms with Gasteiger partial charge in [0.05, 0.1) is 22.6 Å². The molecule has 1 fully saturated rings. The highest BCUT2D eigenvalue weighted by atomic mass is 16.1. The maximum atomic E-state index is 12.8. The van der Waals surface area contributed by atoms with Crippen molar-refractivity contribution < 1.29 is 0 Å². The monoisotopic (exact) mass is 349 g/mol. The van der Waals surface area contributed by atoms with Crippen molar-refractivity contribution in [3.05, 3.63) is 57.4 Å². The number of aryl methyl sites for hydroxylation is 1. The minimum Gasteiger partial charge on any atom is -0.298 e. The van der Waals surface area contributed by atoms with E-state index in [9.17, 15) is 4.79 Å². The molecular formula is C20H23N5O. The molecule has 3 aromatic rings. The molecule has 3 heterocycles. The molecule has 5 rings (SSSR count). The highest BCUT2D eigenvalue weighted by Gasteiger charge is 2.31. The summed E-state index contributed by atoms with van der Waals surface area (Å²) in [6, 6.07) is 7.79. The molecule has 0 spiro atoms. The number of nitrogens with zero attached hydrogens (tertiary/aromatic N) is 4. The van der Waals surface area contributed by atoms with Crippen LogP contribution in [0.25, 0.3) is 10.9 Å². The van der Waals surface area contributed by atoms with Gasteiger partial charge < -0.3 is 0 Å². The number of hydrogen-bond acceptors (Lipinski definition) is 4. The minimum absolute atomic E-state index is 0.0399. The highest BCUT2D eigenvalue weighted by Crippen LogP contribution is 2.33. The Morgan fingerprint density at radius 2 is 2.12 bits per heavy atom. The number of rotatable bonds is 3. The average Bonchev–Trinajstić information content (AvgIpc) is 3.37. The summed E-state index contributed by atoms with van der Waals surface area (Å²) < 4.78 is 1.74. The lowest BCUT2D eigenvalue weighted by atomic mass is 10.1. The van der Waals surface area contributed by atoms with E-state index in [4.69, 9.17) is 4.98 Å². The van der Waals surface area contributed by atoms with E-state index in [-0.39, 0.29) is 11.6 Å². The Bertz CT molecular complexity index is 1030. The van der Waals surface area contributed by atoms with E-state index in [2.05, 4.69) is 15.1 Å². The maximum Gasteiger partial charge on any atom is 0.261 e. The van der Waals surface area contributed by atoms with Crippen LogP contribution in [0.1, 0.15) is 48.1 Å². The second kappa shape index (κ2) is 6.06. The van der Waals surface area contributed by atoms with Crippen LogP contribution < -0.4 is 5.56 Å². The molecule has 2 aromatic heterocycles. The zero-order chi connectivity index (χ0) is 17.7. The van der Waals surface area contributed by atoms with Crippen molar-refractivity contribution in [3.63, 3.8) is 0 Å². The summed E-state index contributed by atoms with van der Waals surface area (Å²) in [5, 5.41) is 8.46. The summed E-state index contributed by atoms with van der Waals surface area (Å²) in [6.07, 6.45) is 5.63. The Hall–Kier alpha value is -2.47. The Labute approximate surface area is 151 Å². The van der Waals surface area contributed by atoms with Crippen LogP contribution in [-0.2, 0) is 26.4 Å². The van der Waals surface area contributed by atoms with Crippen molar-refractivity contribution in [2.75, 3.05) is 6.54 Å². The molecule has 6 heteroatoms. The van der Waals surface area contributed by atoms with Gasteiger partial charge in [0, 0.05) is 19.3 Å². The van der Waals surface area contributed by atoms with Gasteiger partial charge in [-0.3, -0.25) is 19.4 Å². The van der Waals surface area contributed by atoms with Gasteiger partial charge in [0.25, 0.3) is 5.56 Å². The number of fused-ring (bicyclic) bond motifs is 2. The highest BCUT2D eigenvalue weighted by molar-refractivity contribution is 5.77. The lowest BCUT2D eigenvalue weighted by Crippen LogP contribution is -2.30. The largest absolute Gasteiger partial charge is 0.298 e. The van der Waals surface area contributed by atoms with Crippen LogP contribution in [0.4, 0.5) is 0 Å². The van der Waals surface area contributed by atoms with E-state index in [0.29, 0.717) is 5.39 Å². The van der Waals surface area contributed by atoms with Gasteiger partial charge >= 0.3 is 0 Å². The van der Waals surface area contributed by atoms with Gasteiger partial charge in [-0.2, -0.15) is 5.10 Å². The third-order valence-electron chi connectivity index (χ3n) is 5.92. The summed E-state index contributed by atoms with van der Waals surface area (Å²) >= 11 is 0. The molecule has 0 bridgehead atoms. The van der Waals surface area contributed by atoms with Gasteiger partial charge in [-0.25, -0.2) is 4.98 Å². The van der Waals surface area contributed by atoms with Crippen molar-refractivity contribution in [2.45, 2.75) is 44.7 Å². The van der Waals surface area contributed by atoms with Gasteiger partial charge in [-0.15, -0.1) is 0 Å². The number of likely N-dealkylation sites (tertiary alicyclic amines) is 1. The van der Waals surface area contributed by atoms with E-state index < -0.39 is 0 Å². The van der Waals surface area contributed by atoms with Crippen molar-refractivity contribution in [3.8, 4) is 0 Å². The van der Waals surface area contributed by atoms with Crippen LogP contribution in [0, 0.1) is 0 Å². The van der Waals surface area contributed by atoms with Crippen molar-refractivity contribution in [1.82, 2.24) is 24.6 Å². The van der Waals surface area contributed by atoms with Crippen LogP contribution in [-0.4, -0.2) is 31.2 Å². The van der Waals surface area contributed by atoms with Gasteiger partial charge in [0.1, 0.15) is 5.82 Å². The van der Waals surface area contributed by atoms with E-state index in [0.717, 1.165) is 50.1 Å². The fraction of sp³-hybridized carbons (Fsp3) is 0.450. The molecule has 0 saturated carbocycles. The fourth-order valence-corrected chi connectivity index (χ4v) is 4.55. The van der Waals surface area contributed by atoms with Crippen molar-refractivity contribution >= 4 is 10.9 Å². The number of para-hydroxylation sites is 1. The lowest BCUT2D eigenvalue weighted by molar-refractivity contribution is 0.231. The number of H-pyrrole nitrogens is 1. The molecule has 1 unspecified atom stereocenters. The van der Waals surface area contributed by atoms with Crippen molar-refractivity contribution in [2.24, 2.45) is 7.05 Å². The molecule has 0 radical (unpaired) electrons. The molecule has 1 saturated heterocycles. The van der Waals surface area contributed by atoms with Crippen LogP contribution in [0.15, 0.2) is 29.1 Å². The molecule has 1 aliphatic heterocycles. The van der Waals surface area contributed by atoms with E-state index in [1.807, 2.05) is 31.3 Å². The molecular weight excluding hydrogens is 326 g/mol. The lowest BCUT2D eigenvalue weighted by Gasteiger charge is -2.25. The molecule has 1 aromatic carbocycles. The van der Waals surface area contributed by atoms with Gasteiger partial charge in [0.15, 0.2) is 0 Å². The SMILES string of the molecule is Cn1c(C2CCCN2Cc2n[nH]c3c2CCC3)nc2ccccc2c1=O. The number of nitrogens with one attached hydrogen (secondary N) is 1. The topological polar surface area (TPSA) is 66.8 Å². The van der Waals surface area contributed by atoms with E-state index >= 15 is 0 Å². The van der Waals surface area contributed by atoms with Crippen LogP contribution in [0.2, 0.25) is 0 Å². The summed E-state index contributed by atoms with van der Waals surface area (Å²) in [5.41, 5.74) is 4.73. The number of aromatic nitrogens is 4. The first kappa shape index (κ1) is 15.8. The predicted octanol–water partition coefficient (Wildman–Crippen LogP) is 2.48. The second-order valence-corrected chi connectivity index (χ2v) is 7.46. The van der Waals surface area contributed by atoms with Crippen LogP contribution in [0.3, 0.4) is 0 Å². The quantitative estimate of drug-likeness (QED) is 0.789. The molecule has 134 valence electrons. The Morgan fingerprint density at radius 1 is 1.23 bits per heavy atom. The predicted molar refractivity (Wildman–Crippen MR) is 100.0 cm³/mol. The summed E-state index contributed by atoms with van der Waals surface area (Å²) in [4.78, 5) is 20.1. The molecule has 1 aliphatic carbocycles. The van der Waals surface area contributed by atoms with Crippen LogP contribution in [0.5, 0.6) is 0 Å². The smallest absolute Gasteiger partial charge is 0.261 e. The average molecular weight is 349 g/mol. The normalized spacial score (nSPS) is 20.1. The first-order chi connectivity index (χ1) is 12.7. The van der Waals surface area contributed by atoms with Gasteiger partial charge in [-0.1, -0.05) is 12.1 Å². The molecule has 0 amide bonds. The summed E-state index contributed by atoms with van der Waals surface area (Å²) in [5.74, 6) is 0.874. The van der Waals surface area contributed by atoms with Crippen LogP contribution >= 0.6 is 0 Å². The fourth-order valence-electron chi connectivity index (χ4n) is 4.55. The standard InChI is InChI=1S/C20H23N5O/c1-24-19(21-15-8-3-2-6-14(15)20(24)26)18-10-5-11-25(18)12-17-13-7-4-9-16(13)22-23-17/h2-3,6,8,18H,4-5,7,9-12H2,1H3,(H,22,23). The van der Waals surface area contributed by atoms with Crippen molar-refractivity contribution in [1.29, 1.82) is 0 Å². The number of benzene rings is 1. The first-order valence-corrected chi connectivity index (χ1v) is 9.47. The Balaban J connectivity index is 1.52. The first-order valence-electron chi connectivity index (χ1n) is 9.47. The molecule has 1 atom stereocenters. The maximum absolute atomic E-state index is 12.8. The summed E-state index contributed by atoms with van der Waals surface area (Å²) in [6.45, 7) is 1.86. The molecule has 6 nitrogen and oxygen atoms in total. The zero-order valence-corrected chi connectivity index (χ0v) is 15.0. The molecule has 2 aliphatic rings. The zero-order valence-electron chi connectivity index (χ0n) is 15.0. The third kappa shape index (κ3) is 2.40. The third-order valence-corrected chi connectivity index (χ3v) is 5.92. The van der Waals surface area contributed by atoms with Gasteiger partial charge in [0.2, 0.25) is 0 Å². The summed E-state index contributed by atoms with van der Waals surface area (Å²) in [7, 11) is 1.85. The second-order valence-electron chi connectivity index (χ2n) is 7.46. The minimum atomic E-state index is 0.0399.